The summed E-state index contributed by atoms with van der Waals surface area (Å²) in [6.07, 6.45) is 4.77. The third-order valence-corrected chi connectivity index (χ3v) is 5.18. The summed E-state index contributed by atoms with van der Waals surface area (Å²) in [7, 11) is 0. The lowest BCUT2D eigenvalue weighted by Gasteiger charge is -2.28. The molecule has 0 aliphatic carbocycles. The first kappa shape index (κ1) is 20.1. The van der Waals surface area contributed by atoms with Crippen LogP contribution in [-0.2, 0) is 4.79 Å². The highest BCUT2D eigenvalue weighted by Crippen LogP contribution is 2.26. The molecule has 2 aliphatic heterocycles. The van der Waals surface area contributed by atoms with Gasteiger partial charge in [0.15, 0.2) is 0 Å². The fraction of sp³-hybridized carbons (Fsp3) is 0.222. The second kappa shape index (κ2) is 8.59. The van der Waals surface area contributed by atoms with Crippen LogP contribution in [-0.4, -0.2) is 47.3 Å². The summed E-state index contributed by atoms with van der Waals surface area (Å²) in [4.78, 5) is 44.9. The SMILES string of the molecule is Cl.O=C1NC(=O)/C(=C/c2c[nH]c(=O)c(-c3ccc(N4CCNCC4)nc3)c2)S1. The number of nitrogens with zero attached hydrogens (tertiary/aromatic N) is 2. The first-order chi connectivity index (χ1) is 13.1. The molecule has 2 aromatic heterocycles. The number of H-pyrrole nitrogens is 1. The van der Waals surface area contributed by atoms with Gasteiger partial charge in [0.2, 0.25) is 0 Å². The summed E-state index contributed by atoms with van der Waals surface area (Å²) < 4.78 is 0. The zero-order chi connectivity index (χ0) is 18.8. The molecule has 0 radical (unpaired) electrons. The normalized spacial score (nSPS) is 18.1. The standard InChI is InChI=1S/C18H17N5O3S.ClH/c24-16-13(7-11(9-21-16)8-14-17(25)22-18(26)27-14)12-1-2-15(20-10-12)23-5-3-19-4-6-23;/h1-2,7-10,19H,3-6H2,(H,21,24)(H,22,25,26);1H/b14-8-;. The van der Waals surface area contributed by atoms with Gasteiger partial charge in [0, 0.05) is 49.7 Å². The zero-order valence-corrected chi connectivity index (χ0v) is 16.4. The van der Waals surface area contributed by atoms with Crippen LogP contribution < -0.4 is 21.1 Å². The molecule has 10 heteroatoms. The molecular weight excluding hydrogens is 402 g/mol. The quantitative estimate of drug-likeness (QED) is 0.648. The fourth-order valence-corrected chi connectivity index (χ4v) is 3.68. The number of imide groups is 1. The van der Waals surface area contributed by atoms with Gasteiger partial charge in [-0.15, -0.1) is 12.4 Å². The smallest absolute Gasteiger partial charge is 0.290 e. The van der Waals surface area contributed by atoms with E-state index in [-0.39, 0.29) is 18.0 Å². The average Bonchev–Trinajstić information content (AvgIpc) is 3.01. The molecule has 2 saturated heterocycles. The van der Waals surface area contributed by atoms with Crippen LogP contribution in [0.3, 0.4) is 0 Å². The molecule has 3 N–H and O–H groups in total. The molecule has 4 heterocycles. The van der Waals surface area contributed by atoms with E-state index in [9.17, 15) is 14.4 Å². The van der Waals surface area contributed by atoms with Crippen molar-refractivity contribution in [3.8, 4) is 11.1 Å². The second-order valence-corrected chi connectivity index (χ2v) is 7.18. The Morgan fingerprint density at radius 3 is 2.57 bits per heavy atom. The molecule has 0 saturated carbocycles. The van der Waals surface area contributed by atoms with Crippen molar-refractivity contribution < 1.29 is 9.59 Å². The molecule has 8 nitrogen and oxygen atoms in total. The number of hydrogen-bond acceptors (Lipinski definition) is 7. The molecule has 2 fully saturated rings. The average molecular weight is 420 g/mol. The summed E-state index contributed by atoms with van der Waals surface area (Å²) >= 11 is 0.839. The lowest BCUT2D eigenvalue weighted by atomic mass is 10.1. The van der Waals surface area contributed by atoms with Crippen molar-refractivity contribution in [2.45, 2.75) is 0 Å². The highest BCUT2D eigenvalue weighted by Gasteiger charge is 2.25. The van der Waals surface area contributed by atoms with Crippen LogP contribution >= 0.6 is 24.2 Å². The number of halogens is 1. The number of piperazine rings is 1. The van der Waals surface area contributed by atoms with Crippen molar-refractivity contribution in [3.05, 3.63) is 51.4 Å². The highest BCUT2D eigenvalue weighted by atomic mass is 35.5. The van der Waals surface area contributed by atoms with Crippen LogP contribution in [0.1, 0.15) is 5.56 Å². The number of thioether (sulfide) groups is 1. The third kappa shape index (κ3) is 4.27. The van der Waals surface area contributed by atoms with Gasteiger partial charge >= 0.3 is 0 Å². The van der Waals surface area contributed by atoms with Crippen LogP contribution in [0.5, 0.6) is 0 Å². The van der Waals surface area contributed by atoms with Gasteiger partial charge in [-0.3, -0.25) is 19.7 Å². The predicted octanol–water partition coefficient (Wildman–Crippen LogP) is 1.59. The number of anilines is 1. The monoisotopic (exact) mass is 419 g/mol. The topological polar surface area (TPSA) is 107 Å². The Balaban J connectivity index is 0.00000225. The van der Waals surface area contributed by atoms with Gasteiger partial charge in [0.05, 0.1) is 4.91 Å². The van der Waals surface area contributed by atoms with Gasteiger partial charge in [-0.1, -0.05) is 0 Å². The van der Waals surface area contributed by atoms with E-state index in [2.05, 4.69) is 25.5 Å². The molecule has 0 atom stereocenters. The van der Waals surface area contributed by atoms with Crippen molar-refractivity contribution in [1.29, 1.82) is 0 Å². The maximum absolute atomic E-state index is 12.3. The molecule has 2 amide bonds. The Bertz CT molecular complexity index is 983. The fourth-order valence-electron chi connectivity index (χ4n) is 3.00. The van der Waals surface area contributed by atoms with Crippen molar-refractivity contribution in [2.75, 3.05) is 31.1 Å². The lowest BCUT2D eigenvalue weighted by Crippen LogP contribution is -2.43. The Labute approximate surface area is 171 Å². The van der Waals surface area contributed by atoms with Crippen LogP contribution in [0.25, 0.3) is 17.2 Å². The number of rotatable bonds is 3. The maximum Gasteiger partial charge on any atom is 0.290 e. The number of pyridine rings is 2. The van der Waals surface area contributed by atoms with Crippen molar-refractivity contribution >= 4 is 47.2 Å². The van der Waals surface area contributed by atoms with Gasteiger partial charge in [-0.05, 0) is 41.6 Å². The summed E-state index contributed by atoms with van der Waals surface area (Å²) in [5.41, 5.74) is 1.53. The van der Waals surface area contributed by atoms with Crippen LogP contribution in [0.15, 0.2) is 40.3 Å². The van der Waals surface area contributed by atoms with E-state index in [1.165, 1.54) is 6.20 Å². The molecule has 2 aliphatic rings. The minimum atomic E-state index is -0.431. The Kier molecular flexibility index (Phi) is 6.18. The number of aromatic nitrogens is 2. The maximum atomic E-state index is 12.3. The molecule has 28 heavy (non-hydrogen) atoms. The summed E-state index contributed by atoms with van der Waals surface area (Å²) in [5.74, 6) is 0.451. The van der Waals surface area contributed by atoms with Gasteiger partial charge in [0.1, 0.15) is 5.82 Å². The number of aromatic amines is 1. The first-order valence-electron chi connectivity index (χ1n) is 8.50. The van der Waals surface area contributed by atoms with Crippen LogP contribution in [0, 0.1) is 0 Å². The van der Waals surface area contributed by atoms with E-state index in [0.29, 0.717) is 21.6 Å². The molecule has 4 rings (SSSR count). The van der Waals surface area contributed by atoms with Gasteiger partial charge < -0.3 is 15.2 Å². The molecule has 0 spiro atoms. The van der Waals surface area contributed by atoms with E-state index < -0.39 is 11.1 Å². The van der Waals surface area contributed by atoms with Crippen molar-refractivity contribution in [1.82, 2.24) is 20.6 Å². The molecule has 146 valence electrons. The molecule has 0 bridgehead atoms. The minimum absolute atomic E-state index is 0. The summed E-state index contributed by atoms with van der Waals surface area (Å²) in [5, 5.41) is 5.11. The Morgan fingerprint density at radius 1 is 1.14 bits per heavy atom. The second-order valence-electron chi connectivity index (χ2n) is 6.17. The van der Waals surface area contributed by atoms with E-state index in [4.69, 9.17) is 0 Å². The largest absolute Gasteiger partial charge is 0.354 e. The van der Waals surface area contributed by atoms with Crippen LogP contribution in [0.2, 0.25) is 0 Å². The van der Waals surface area contributed by atoms with E-state index in [0.717, 1.165) is 43.8 Å². The molecular formula is C18H18ClN5O3S. The van der Waals surface area contributed by atoms with Crippen molar-refractivity contribution in [3.63, 3.8) is 0 Å². The predicted molar refractivity (Wildman–Crippen MR) is 112 cm³/mol. The first-order valence-corrected chi connectivity index (χ1v) is 9.31. The molecule has 0 aromatic carbocycles. The number of nitrogens with one attached hydrogen (secondary N) is 3. The van der Waals surface area contributed by atoms with E-state index >= 15 is 0 Å². The zero-order valence-electron chi connectivity index (χ0n) is 14.7. The number of carbonyl (C=O) groups excluding carboxylic acids is 2. The van der Waals surface area contributed by atoms with Crippen LogP contribution in [0.4, 0.5) is 10.6 Å². The lowest BCUT2D eigenvalue weighted by molar-refractivity contribution is -0.115. The molecule has 2 aromatic rings. The number of carbonyl (C=O) groups is 2. The van der Waals surface area contributed by atoms with Gasteiger partial charge in [-0.25, -0.2) is 4.98 Å². The van der Waals surface area contributed by atoms with E-state index in [1.54, 1.807) is 18.3 Å². The van der Waals surface area contributed by atoms with Gasteiger partial charge in [0.25, 0.3) is 16.7 Å². The summed E-state index contributed by atoms with van der Waals surface area (Å²) in [6, 6.07) is 5.46. The Hall–Kier alpha value is -2.62. The highest BCUT2D eigenvalue weighted by molar-refractivity contribution is 8.18. The van der Waals surface area contributed by atoms with E-state index in [1.807, 2.05) is 12.1 Å². The minimum Gasteiger partial charge on any atom is -0.354 e. The summed E-state index contributed by atoms with van der Waals surface area (Å²) in [6.45, 7) is 3.64. The Morgan fingerprint density at radius 2 is 1.93 bits per heavy atom. The van der Waals surface area contributed by atoms with Crippen molar-refractivity contribution in [2.24, 2.45) is 0 Å². The number of amides is 2. The third-order valence-electron chi connectivity index (χ3n) is 4.37. The number of hydrogen-bond donors (Lipinski definition) is 3. The van der Waals surface area contributed by atoms with Gasteiger partial charge in [-0.2, -0.15) is 0 Å². The molecule has 0 unspecified atom stereocenters.